The van der Waals surface area contributed by atoms with E-state index in [2.05, 4.69) is 15.0 Å². The number of nitrogens with two attached hydrogens (primary N) is 1. The number of nitrogen functional groups attached to an aromatic ring is 1. The molecular weight excluding hydrogens is 409 g/mol. The first-order chi connectivity index (χ1) is 14.7. The molecule has 162 valence electrons. The molecule has 2 aromatic heterocycles. The molecule has 0 saturated carbocycles. The van der Waals surface area contributed by atoms with Crippen molar-refractivity contribution in [3.05, 3.63) is 59.9 Å². The number of likely N-dealkylation sites (tertiary alicyclic amines) is 1. The molecule has 1 aliphatic rings. The van der Waals surface area contributed by atoms with Crippen LogP contribution in [-0.2, 0) is 13.2 Å². The number of rotatable bonds is 3. The summed E-state index contributed by atoms with van der Waals surface area (Å²) in [5.74, 6) is 0.139. The standard InChI is InChI=1S/C21H21F3N6O/c1-29-10-8-26-18(29)19(31)30-9-2-3-14(12-30)17-16(11-27-20(25)28-17)13-4-6-15(7-5-13)21(22,23)24/h4-8,10-11,14H,2-3,9,12H2,1H3,(H2,25,27,28)/t14-/m1/s1. The van der Waals surface area contributed by atoms with Gasteiger partial charge in [0.25, 0.3) is 5.91 Å². The van der Waals surface area contributed by atoms with Crippen LogP contribution in [0.3, 0.4) is 0 Å². The van der Waals surface area contributed by atoms with Crippen LogP contribution in [0.2, 0.25) is 0 Å². The van der Waals surface area contributed by atoms with Crippen LogP contribution >= 0.6 is 0 Å². The second kappa shape index (κ2) is 8.01. The Labute approximate surface area is 176 Å². The van der Waals surface area contributed by atoms with Gasteiger partial charge in [0.2, 0.25) is 5.95 Å². The molecule has 1 saturated heterocycles. The molecule has 0 bridgehead atoms. The summed E-state index contributed by atoms with van der Waals surface area (Å²) in [6, 6.07) is 4.88. The van der Waals surface area contributed by atoms with Crippen molar-refractivity contribution in [1.29, 1.82) is 0 Å². The molecule has 2 N–H and O–H groups in total. The van der Waals surface area contributed by atoms with Crippen LogP contribution in [-0.4, -0.2) is 43.4 Å². The second-order valence-electron chi connectivity index (χ2n) is 7.55. The van der Waals surface area contributed by atoms with Gasteiger partial charge in [-0.25, -0.2) is 15.0 Å². The maximum absolute atomic E-state index is 12.9. The summed E-state index contributed by atoms with van der Waals surface area (Å²) in [5, 5.41) is 0. The number of hydrogen-bond acceptors (Lipinski definition) is 5. The highest BCUT2D eigenvalue weighted by atomic mass is 19.4. The molecule has 1 aliphatic heterocycles. The highest BCUT2D eigenvalue weighted by Crippen LogP contribution is 2.35. The highest BCUT2D eigenvalue weighted by Gasteiger charge is 2.32. The molecule has 1 atom stereocenters. The minimum atomic E-state index is -4.41. The third-order valence-electron chi connectivity index (χ3n) is 5.47. The molecular formula is C21H21F3N6O. The Morgan fingerprint density at radius 1 is 1.19 bits per heavy atom. The number of halogens is 3. The van der Waals surface area contributed by atoms with Crippen molar-refractivity contribution >= 4 is 11.9 Å². The number of aryl methyl sites for hydroxylation is 1. The van der Waals surface area contributed by atoms with Crippen molar-refractivity contribution in [3.63, 3.8) is 0 Å². The van der Waals surface area contributed by atoms with Gasteiger partial charge in [-0.2, -0.15) is 13.2 Å². The lowest BCUT2D eigenvalue weighted by atomic mass is 9.89. The number of anilines is 1. The van der Waals surface area contributed by atoms with Crippen molar-refractivity contribution in [2.75, 3.05) is 18.8 Å². The SMILES string of the molecule is Cn1ccnc1C(=O)N1CCC[C@@H](c2nc(N)ncc2-c2ccc(C(F)(F)F)cc2)C1. The summed E-state index contributed by atoms with van der Waals surface area (Å²) in [6.45, 7) is 1.01. The monoisotopic (exact) mass is 430 g/mol. The Morgan fingerprint density at radius 2 is 1.94 bits per heavy atom. The molecule has 0 radical (unpaired) electrons. The number of nitrogens with zero attached hydrogens (tertiary/aromatic N) is 5. The summed E-state index contributed by atoms with van der Waals surface area (Å²) < 4.78 is 40.4. The van der Waals surface area contributed by atoms with Crippen LogP contribution in [0, 0.1) is 0 Å². The fraction of sp³-hybridized carbons (Fsp3) is 0.333. The Bertz CT molecular complexity index is 1090. The van der Waals surface area contributed by atoms with Crippen molar-refractivity contribution in [2.24, 2.45) is 7.05 Å². The van der Waals surface area contributed by atoms with E-state index in [1.165, 1.54) is 18.3 Å². The van der Waals surface area contributed by atoms with Gasteiger partial charge in [0.1, 0.15) is 0 Å². The van der Waals surface area contributed by atoms with Crippen LogP contribution in [0.4, 0.5) is 19.1 Å². The molecule has 7 nitrogen and oxygen atoms in total. The fourth-order valence-corrected chi connectivity index (χ4v) is 3.88. The van der Waals surface area contributed by atoms with Gasteiger partial charge in [-0.3, -0.25) is 4.79 Å². The van der Waals surface area contributed by atoms with Crippen molar-refractivity contribution in [2.45, 2.75) is 24.9 Å². The first-order valence-corrected chi connectivity index (χ1v) is 9.80. The third-order valence-corrected chi connectivity index (χ3v) is 5.47. The number of alkyl halides is 3. The minimum Gasteiger partial charge on any atom is -0.368 e. The maximum atomic E-state index is 12.9. The van der Waals surface area contributed by atoms with E-state index in [-0.39, 0.29) is 17.8 Å². The zero-order valence-corrected chi connectivity index (χ0v) is 16.8. The van der Waals surface area contributed by atoms with E-state index >= 15 is 0 Å². The number of amides is 1. The predicted octanol–water partition coefficient (Wildman–Crippen LogP) is 3.50. The fourth-order valence-electron chi connectivity index (χ4n) is 3.88. The Kier molecular flexibility index (Phi) is 5.38. The number of carbonyl (C=O) groups excluding carboxylic acids is 1. The molecule has 3 heterocycles. The average molecular weight is 430 g/mol. The zero-order valence-electron chi connectivity index (χ0n) is 16.8. The van der Waals surface area contributed by atoms with E-state index in [1.54, 1.807) is 28.9 Å². The number of benzene rings is 1. The van der Waals surface area contributed by atoms with Gasteiger partial charge in [-0.15, -0.1) is 0 Å². The summed E-state index contributed by atoms with van der Waals surface area (Å²) in [5.41, 5.74) is 6.90. The minimum absolute atomic E-state index is 0.0817. The van der Waals surface area contributed by atoms with Gasteiger partial charge in [0.05, 0.1) is 11.3 Å². The molecule has 1 amide bonds. The van der Waals surface area contributed by atoms with Crippen LogP contribution in [0.1, 0.15) is 40.6 Å². The van der Waals surface area contributed by atoms with E-state index in [4.69, 9.17) is 5.73 Å². The Balaban J connectivity index is 1.64. The molecule has 10 heteroatoms. The number of carbonyl (C=O) groups is 1. The van der Waals surface area contributed by atoms with Crippen molar-refractivity contribution < 1.29 is 18.0 Å². The number of piperidine rings is 1. The average Bonchev–Trinajstić information content (AvgIpc) is 3.18. The number of aromatic nitrogens is 4. The first kappa shape index (κ1) is 20.8. The second-order valence-corrected chi connectivity index (χ2v) is 7.55. The van der Waals surface area contributed by atoms with E-state index < -0.39 is 11.7 Å². The molecule has 0 aliphatic carbocycles. The maximum Gasteiger partial charge on any atom is 0.416 e. The predicted molar refractivity (Wildman–Crippen MR) is 108 cm³/mol. The molecule has 0 spiro atoms. The van der Waals surface area contributed by atoms with Gasteiger partial charge >= 0.3 is 6.18 Å². The van der Waals surface area contributed by atoms with Crippen LogP contribution in [0.5, 0.6) is 0 Å². The van der Waals surface area contributed by atoms with Gasteiger partial charge < -0.3 is 15.2 Å². The van der Waals surface area contributed by atoms with Crippen LogP contribution in [0.15, 0.2) is 42.9 Å². The molecule has 3 aromatic rings. The summed E-state index contributed by atoms with van der Waals surface area (Å²) in [4.78, 5) is 27.2. The van der Waals surface area contributed by atoms with E-state index in [9.17, 15) is 18.0 Å². The van der Waals surface area contributed by atoms with Gasteiger partial charge in [-0.1, -0.05) is 12.1 Å². The van der Waals surface area contributed by atoms with Crippen molar-refractivity contribution in [3.8, 4) is 11.1 Å². The Morgan fingerprint density at radius 3 is 2.58 bits per heavy atom. The normalized spacial score (nSPS) is 17.0. The molecule has 4 rings (SSSR count). The molecule has 0 unspecified atom stereocenters. The number of hydrogen-bond donors (Lipinski definition) is 1. The van der Waals surface area contributed by atoms with Crippen molar-refractivity contribution in [1.82, 2.24) is 24.4 Å². The summed E-state index contributed by atoms with van der Waals surface area (Å²) in [7, 11) is 1.76. The van der Waals surface area contributed by atoms with Gasteiger partial charge in [-0.05, 0) is 30.5 Å². The number of imidazole rings is 1. The quantitative estimate of drug-likeness (QED) is 0.687. The first-order valence-electron chi connectivity index (χ1n) is 9.80. The largest absolute Gasteiger partial charge is 0.416 e. The lowest BCUT2D eigenvalue weighted by Gasteiger charge is -2.33. The topological polar surface area (TPSA) is 89.9 Å². The molecule has 1 aromatic carbocycles. The molecule has 1 fully saturated rings. The van der Waals surface area contributed by atoms with E-state index in [0.717, 1.165) is 25.0 Å². The van der Waals surface area contributed by atoms with Crippen LogP contribution < -0.4 is 5.73 Å². The lowest BCUT2D eigenvalue weighted by Crippen LogP contribution is -2.40. The Hall–Kier alpha value is -3.43. The van der Waals surface area contributed by atoms with Crippen LogP contribution in [0.25, 0.3) is 11.1 Å². The highest BCUT2D eigenvalue weighted by molar-refractivity contribution is 5.91. The lowest BCUT2D eigenvalue weighted by molar-refractivity contribution is -0.137. The third kappa shape index (κ3) is 4.23. The van der Waals surface area contributed by atoms with Gasteiger partial charge in [0.15, 0.2) is 5.82 Å². The molecule has 31 heavy (non-hydrogen) atoms. The summed E-state index contributed by atoms with van der Waals surface area (Å²) >= 11 is 0. The zero-order chi connectivity index (χ0) is 22.2. The van der Waals surface area contributed by atoms with E-state index in [0.29, 0.717) is 35.7 Å². The smallest absolute Gasteiger partial charge is 0.368 e. The summed E-state index contributed by atoms with van der Waals surface area (Å²) in [6.07, 6.45) is 1.94. The van der Waals surface area contributed by atoms with Gasteiger partial charge in [0, 0.05) is 50.2 Å². The van der Waals surface area contributed by atoms with E-state index in [1.807, 2.05) is 0 Å².